The highest BCUT2D eigenvalue weighted by atomic mass is 35.5. The van der Waals surface area contributed by atoms with Crippen LogP contribution in [0.15, 0.2) is 42.5 Å². The first-order valence-corrected chi connectivity index (χ1v) is 6.50. The Labute approximate surface area is 128 Å². The first-order valence-electron chi connectivity index (χ1n) is 5.75. The summed E-state index contributed by atoms with van der Waals surface area (Å²) in [5.74, 6) is -0.361. The van der Waals surface area contributed by atoms with Crippen LogP contribution in [-0.2, 0) is 0 Å². The lowest BCUT2D eigenvalue weighted by molar-refractivity contribution is -0.274. The van der Waals surface area contributed by atoms with Crippen LogP contribution in [-0.4, -0.2) is 11.5 Å². The van der Waals surface area contributed by atoms with Gasteiger partial charge in [0.15, 0.2) is 0 Å². The first kappa shape index (κ1) is 15.9. The molecule has 0 spiro atoms. The molecule has 112 valence electrons. The van der Waals surface area contributed by atoms with Crippen LogP contribution in [0.3, 0.4) is 0 Å². The Morgan fingerprint density at radius 3 is 2.14 bits per heavy atom. The Balaban J connectivity index is 2.22. The quantitative estimate of drug-likeness (QED) is 0.857. The second-order valence-electron chi connectivity index (χ2n) is 4.19. The second-order valence-corrected chi connectivity index (χ2v) is 5.03. The van der Waals surface area contributed by atoms with Crippen molar-refractivity contribution in [3.05, 3.63) is 63.6 Å². The van der Waals surface area contributed by atoms with Gasteiger partial charge in [0.05, 0.1) is 0 Å². The summed E-state index contributed by atoms with van der Waals surface area (Å²) in [4.78, 5) is 0. The number of aliphatic hydroxyl groups excluding tert-OH is 1. The fourth-order valence-electron chi connectivity index (χ4n) is 1.75. The highest BCUT2D eigenvalue weighted by Gasteiger charge is 2.31. The van der Waals surface area contributed by atoms with Crippen molar-refractivity contribution in [1.29, 1.82) is 0 Å². The maximum atomic E-state index is 12.1. The number of hydrogen-bond donors (Lipinski definition) is 1. The lowest BCUT2D eigenvalue weighted by atomic mass is 10.0. The lowest BCUT2D eigenvalue weighted by Crippen LogP contribution is -2.17. The van der Waals surface area contributed by atoms with Crippen LogP contribution >= 0.6 is 23.2 Å². The standard InChI is InChI=1S/C14H9Cl2F3O2/c15-9-3-6-11(12(16)7-9)13(20)8-1-4-10(5-2-8)21-14(17,18)19/h1-7,13,20H. The van der Waals surface area contributed by atoms with Crippen LogP contribution < -0.4 is 4.74 Å². The molecule has 0 saturated carbocycles. The maximum Gasteiger partial charge on any atom is 0.573 e. The van der Waals surface area contributed by atoms with Crippen LogP contribution in [0.1, 0.15) is 17.2 Å². The molecule has 0 saturated heterocycles. The van der Waals surface area contributed by atoms with Gasteiger partial charge in [0.25, 0.3) is 0 Å². The highest BCUT2D eigenvalue weighted by molar-refractivity contribution is 6.35. The molecule has 2 rings (SSSR count). The Morgan fingerprint density at radius 1 is 1.00 bits per heavy atom. The van der Waals surface area contributed by atoms with Crippen LogP contribution in [0, 0.1) is 0 Å². The van der Waals surface area contributed by atoms with Crippen LogP contribution in [0.5, 0.6) is 5.75 Å². The second kappa shape index (κ2) is 6.13. The van der Waals surface area contributed by atoms with E-state index in [9.17, 15) is 18.3 Å². The van der Waals surface area contributed by atoms with Gasteiger partial charge < -0.3 is 9.84 Å². The zero-order valence-corrected chi connectivity index (χ0v) is 11.9. The molecule has 0 aliphatic heterocycles. The Morgan fingerprint density at radius 2 is 1.62 bits per heavy atom. The van der Waals surface area contributed by atoms with Crippen molar-refractivity contribution < 1.29 is 23.0 Å². The molecular weight excluding hydrogens is 328 g/mol. The van der Waals surface area contributed by atoms with Gasteiger partial charge in [-0.25, -0.2) is 0 Å². The normalized spacial score (nSPS) is 13.0. The van der Waals surface area contributed by atoms with Crippen molar-refractivity contribution in [2.75, 3.05) is 0 Å². The van der Waals surface area contributed by atoms with Crippen molar-refractivity contribution in [3.8, 4) is 5.75 Å². The van der Waals surface area contributed by atoms with Crippen molar-refractivity contribution in [2.24, 2.45) is 0 Å². The predicted molar refractivity (Wildman–Crippen MR) is 73.6 cm³/mol. The number of hydrogen-bond acceptors (Lipinski definition) is 2. The monoisotopic (exact) mass is 336 g/mol. The minimum atomic E-state index is -4.75. The Hall–Kier alpha value is -1.43. The third-order valence-corrected chi connectivity index (χ3v) is 3.25. The summed E-state index contributed by atoms with van der Waals surface area (Å²) >= 11 is 11.7. The molecule has 0 heterocycles. The van der Waals surface area contributed by atoms with E-state index in [0.717, 1.165) is 12.1 Å². The number of ether oxygens (including phenoxy) is 1. The molecule has 2 nitrogen and oxygen atoms in total. The average molecular weight is 337 g/mol. The van der Waals surface area contributed by atoms with Crippen molar-refractivity contribution in [1.82, 2.24) is 0 Å². The third kappa shape index (κ3) is 4.27. The fraction of sp³-hybridized carbons (Fsp3) is 0.143. The van der Waals surface area contributed by atoms with Crippen LogP contribution in [0.25, 0.3) is 0 Å². The van der Waals surface area contributed by atoms with Gasteiger partial charge >= 0.3 is 6.36 Å². The summed E-state index contributed by atoms with van der Waals surface area (Å²) in [6.45, 7) is 0. The summed E-state index contributed by atoms with van der Waals surface area (Å²) in [5, 5.41) is 10.9. The third-order valence-electron chi connectivity index (χ3n) is 2.69. The van der Waals surface area contributed by atoms with Gasteiger partial charge in [-0.3, -0.25) is 0 Å². The molecule has 0 aliphatic carbocycles. The van der Waals surface area contributed by atoms with Crippen LogP contribution in [0.4, 0.5) is 13.2 Å². The molecule has 1 N–H and O–H groups in total. The molecule has 0 aliphatic rings. The van der Waals surface area contributed by atoms with Gasteiger partial charge in [0.2, 0.25) is 0 Å². The van der Waals surface area contributed by atoms with Gasteiger partial charge in [-0.2, -0.15) is 0 Å². The minimum absolute atomic E-state index is 0.269. The lowest BCUT2D eigenvalue weighted by Gasteiger charge is -2.14. The molecular formula is C14H9Cl2F3O2. The molecule has 0 bridgehead atoms. The van der Waals surface area contributed by atoms with Gasteiger partial charge in [-0.1, -0.05) is 41.4 Å². The molecule has 2 aromatic rings. The molecule has 0 amide bonds. The largest absolute Gasteiger partial charge is 0.573 e. The highest BCUT2D eigenvalue weighted by Crippen LogP contribution is 2.31. The summed E-state index contributed by atoms with van der Waals surface area (Å²) in [6, 6.07) is 9.49. The van der Waals surface area contributed by atoms with E-state index in [1.807, 2.05) is 0 Å². The Bertz CT molecular complexity index is 627. The summed E-state index contributed by atoms with van der Waals surface area (Å²) in [7, 11) is 0. The molecule has 0 aromatic heterocycles. The van der Waals surface area contributed by atoms with Crippen molar-refractivity contribution in [2.45, 2.75) is 12.5 Å². The minimum Gasteiger partial charge on any atom is -0.406 e. The van der Waals surface area contributed by atoms with Crippen LogP contribution in [0.2, 0.25) is 10.0 Å². The van der Waals surface area contributed by atoms with E-state index in [2.05, 4.69) is 4.74 Å². The molecule has 0 radical (unpaired) electrons. The van der Waals surface area contributed by atoms with Crippen molar-refractivity contribution in [3.63, 3.8) is 0 Å². The topological polar surface area (TPSA) is 29.5 Å². The molecule has 2 aromatic carbocycles. The molecule has 7 heteroatoms. The predicted octanol–water partition coefficient (Wildman–Crippen LogP) is 4.97. The summed E-state index contributed by atoms with van der Waals surface area (Å²) < 4.78 is 39.9. The van der Waals surface area contributed by atoms with E-state index >= 15 is 0 Å². The zero-order valence-electron chi connectivity index (χ0n) is 10.4. The Kier molecular flexibility index (Phi) is 4.66. The van der Waals surface area contributed by atoms with E-state index in [1.165, 1.54) is 18.2 Å². The maximum absolute atomic E-state index is 12.1. The van der Waals surface area contributed by atoms with E-state index in [0.29, 0.717) is 16.1 Å². The van der Waals surface area contributed by atoms with Gasteiger partial charge in [0, 0.05) is 15.6 Å². The summed E-state index contributed by atoms with van der Waals surface area (Å²) in [6.07, 6.45) is -5.82. The molecule has 0 fully saturated rings. The van der Waals surface area contributed by atoms with E-state index < -0.39 is 12.5 Å². The smallest absolute Gasteiger partial charge is 0.406 e. The number of aliphatic hydroxyl groups is 1. The number of alkyl halides is 3. The SMILES string of the molecule is OC(c1ccc(OC(F)(F)F)cc1)c1ccc(Cl)cc1Cl. The van der Waals surface area contributed by atoms with Gasteiger partial charge in [-0.05, 0) is 29.8 Å². The molecule has 21 heavy (non-hydrogen) atoms. The molecule has 1 unspecified atom stereocenters. The average Bonchev–Trinajstić information content (AvgIpc) is 2.37. The van der Waals surface area contributed by atoms with Gasteiger partial charge in [0.1, 0.15) is 11.9 Å². The van der Waals surface area contributed by atoms with Crippen molar-refractivity contribution >= 4 is 23.2 Å². The number of benzene rings is 2. The van der Waals surface area contributed by atoms with Gasteiger partial charge in [-0.15, -0.1) is 13.2 Å². The first-order chi connectivity index (χ1) is 9.76. The van der Waals surface area contributed by atoms with E-state index in [-0.39, 0.29) is 10.8 Å². The molecule has 1 atom stereocenters. The van der Waals surface area contributed by atoms with E-state index in [1.54, 1.807) is 12.1 Å². The van der Waals surface area contributed by atoms with E-state index in [4.69, 9.17) is 23.2 Å². The number of halogens is 5. The summed E-state index contributed by atoms with van der Waals surface area (Å²) in [5.41, 5.74) is 0.791. The number of rotatable bonds is 3. The zero-order chi connectivity index (χ0) is 15.6. The fourth-order valence-corrected chi connectivity index (χ4v) is 2.27.